The van der Waals surface area contributed by atoms with Crippen LogP contribution < -0.4 is 11.3 Å². The summed E-state index contributed by atoms with van der Waals surface area (Å²) in [7, 11) is 1.95. The highest BCUT2D eigenvalue weighted by atomic mass is 32.2. The maximum absolute atomic E-state index is 11.4. The average molecular weight is 262 g/mol. The highest BCUT2D eigenvalue weighted by molar-refractivity contribution is 7.98. The molecule has 1 aromatic carbocycles. The van der Waals surface area contributed by atoms with E-state index in [2.05, 4.69) is 10.4 Å². The Labute approximate surface area is 109 Å². The van der Waals surface area contributed by atoms with E-state index in [1.165, 1.54) is 0 Å². The number of imidazole rings is 1. The summed E-state index contributed by atoms with van der Waals surface area (Å²) in [5.41, 5.74) is 3.75. The van der Waals surface area contributed by atoms with Gasteiger partial charge in [0.1, 0.15) is 0 Å². The number of aromatic nitrogens is 2. The van der Waals surface area contributed by atoms with Gasteiger partial charge in [0.2, 0.25) is 0 Å². The summed E-state index contributed by atoms with van der Waals surface area (Å²) in [5, 5.41) is 0.948. The van der Waals surface area contributed by atoms with E-state index in [-0.39, 0.29) is 5.91 Å². The van der Waals surface area contributed by atoms with Gasteiger partial charge >= 0.3 is 0 Å². The van der Waals surface area contributed by atoms with Crippen molar-refractivity contribution in [2.24, 2.45) is 12.9 Å². The van der Waals surface area contributed by atoms with E-state index in [1.807, 2.05) is 36.0 Å². The van der Waals surface area contributed by atoms with E-state index < -0.39 is 0 Å². The molecule has 1 amide bonds. The maximum atomic E-state index is 11.4. The number of carbonyl (C=O) groups excluding carboxylic acids is 1. The quantitative estimate of drug-likeness (QED) is 0.377. The number of nitrogens with one attached hydrogen (secondary N) is 1. The molecule has 0 saturated heterocycles. The zero-order valence-electron chi connectivity index (χ0n) is 9.96. The molecule has 1 aromatic heterocycles. The van der Waals surface area contributed by atoms with E-state index in [9.17, 15) is 4.79 Å². The van der Waals surface area contributed by atoms with Crippen LogP contribution in [0.15, 0.2) is 41.8 Å². The molecule has 0 saturated carbocycles. The Morgan fingerprint density at radius 1 is 1.56 bits per heavy atom. The number of nitrogens with two attached hydrogens (primary N) is 1. The number of nitrogens with zero attached hydrogens (tertiary/aromatic N) is 2. The Morgan fingerprint density at radius 2 is 2.39 bits per heavy atom. The molecule has 6 heteroatoms. The summed E-state index contributed by atoms with van der Waals surface area (Å²) in [6, 6.07) is 7.39. The van der Waals surface area contributed by atoms with E-state index in [0.29, 0.717) is 5.56 Å². The van der Waals surface area contributed by atoms with Crippen LogP contribution in [-0.2, 0) is 12.8 Å². The maximum Gasteiger partial charge on any atom is 0.265 e. The minimum Gasteiger partial charge on any atom is -0.329 e. The van der Waals surface area contributed by atoms with Crippen LogP contribution >= 0.6 is 11.8 Å². The van der Waals surface area contributed by atoms with Gasteiger partial charge in [0.15, 0.2) is 5.16 Å². The highest BCUT2D eigenvalue weighted by Gasteiger charge is 2.05. The fourth-order valence-electron chi connectivity index (χ4n) is 1.52. The predicted molar refractivity (Wildman–Crippen MR) is 70.9 cm³/mol. The lowest BCUT2D eigenvalue weighted by Gasteiger charge is -2.04. The lowest BCUT2D eigenvalue weighted by molar-refractivity contribution is 0.0953. The van der Waals surface area contributed by atoms with Crippen molar-refractivity contribution in [2.45, 2.75) is 10.9 Å². The van der Waals surface area contributed by atoms with Crippen molar-refractivity contribution in [1.29, 1.82) is 0 Å². The molecule has 0 aliphatic heterocycles. The lowest BCUT2D eigenvalue weighted by Crippen LogP contribution is -2.29. The Kier molecular flexibility index (Phi) is 4.01. The fraction of sp³-hybridized carbons (Fsp3) is 0.167. The number of nitrogen functional groups attached to an aromatic ring is 1. The van der Waals surface area contributed by atoms with Crippen LogP contribution in [0.25, 0.3) is 0 Å². The molecule has 0 fully saturated rings. The number of amides is 1. The molecule has 0 radical (unpaired) electrons. The molecule has 0 bridgehead atoms. The highest BCUT2D eigenvalue weighted by Crippen LogP contribution is 2.20. The predicted octanol–water partition coefficient (Wildman–Crippen LogP) is 1.32. The smallest absolute Gasteiger partial charge is 0.265 e. The molecule has 0 spiro atoms. The van der Waals surface area contributed by atoms with Gasteiger partial charge in [0, 0.05) is 30.8 Å². The summed E-state index contributed by atoms with van der Waals surface area (Å²) in [4.78, 5) is 15.6. The van der Waals surface area contributed by atoms with Crippen LogP contribution in [0.4, 0.5) is 0 Å². The first-order valence-corrected chi connectivity index (χ1v) is 6.39. The van der Waals surface area contributed by atoms with E-state index in [4.69, 9.17) is 5.84 Å². The number of hydrazine groups is 1. The second kappa shape index (κ2) is 5.70. The van der Waals surface area contributed by atoms with Crippen LogP contribution in [0, 0.1) is 0 Å². The summed E-state index contributed by atoms with van der Waals surface area (Å²) in [6.07, 6.45) is 3.67. The van der Waals surface area contributed by atoms with Crippen molar-refractivity contribution in [3.8, 4) is 0 Å². The molecule has 0 unspecified atom stereocenters. The van der Waals surface area contributed by atoms with Crippen LogP contribution in [-0.4, -0.2) is 15.5 Å². The molecule has 18 heavy (non-hydrogen) atoms. The first-order valence-electron chi connectivity index (χ1n) is 5.40. The second-order valence-corrected chi connectivity index (χ2v) is 4.73. The van der Waals surface area contributed by atoms with Crippen LogP contribution in [0.3, 0.4) is 0 Å². The number of thioether (sulfide) groups is 1. The van der Waals surface area contributed by atoms with E-state index in [0.717, 1.165) is 16.5 Å². The van der Waals surface area contributed by atoms with Crippen molar-refractivity contribution in [3.63, 3.8) is 0 Å². The third kappa shape index (κ3) is 2.91. The first kappa shape index (κ1) is 12.7. The molecule has 2 rings (SSSR count). The number of carbonyl (C=O) groups is 1. The Morgan fingerprint density at radius 3 is 3.06 bits per heavy atom. The van der Waals surface area contributed by atoms with Gasteiger partial charge in [-0.05, 0) is 17.7 Å². The third-order valence-corrected chi connectivity index (χ3v) is 3.59. The monoisotopic (exact) mass is 262 g/mol. The number of benzene rings is 1. The largest absolute Gasteiger partial charge is 0.329 e. The van der Waals surface area contributed by atoms with Crippen molar-refractivity contribution in [1.82, 2.24) is 15.0 Å². The van der Waals surface area contributed by atoms with Gasteiger partial charge in [-0.2, -0.15) is 0 Å². The lowest BCUT2D eigenvalue weighted by atomic mass is 10.1. The van der Waals surface area contributed by atoms with Gasteiger partial charge in [-0.3, -0.25) is 10.2 Å². The van der Waals surface area contributed by atoms with Gasteiger partial charge < -0.3 is 4.57 Å². The van der Waals surface area contributed by atoms with Crippen LogP contribution in [0.5, 0.6) is 0 Å². The van der Waals surface area contributed by atoms with E-state index in [1.54, 1.807) is 24.0 Å². The zero-order valence-corrected chi connectivity index (χ0v) is 10.8. The summed E-state index contributed by atoms with van der Waals surface area (Å²) in [5.74, 6) is 5.59. The average Bonchev–Trinajstić information content (AvgIpc) is 2.81. The molecule has 3 N–H and O–H groups in total. The van der Waals surface area contributed by atoms with Gasteiger partial charge in [0.25, 0.3) is 5.91 Å². The van der Waals surface area contributed by atoms with Crippen LogP contribution in [0.1, 0.15) is 15.9 Å². The van der Waals surface area contributed by atoms with Crippen molar-refractivity contribution in [3.05, 3.63) is 47.8 Å². The topological polar surface area (TPSA) is 72.9 Å². The molecular formula is C12H14N4OS. The minimum absolute atomic E-state index is 0.279. The van der Waals surface area contributed by atoms with Crippen molar-refractivity contribution < 1.29 is 4.79 Å². The Hall–Kier alpha value is -1.79. The Bertz CT molecular complexity index is 553. The molecular weight excluding hydrogens is 248 g/mol. The second-order valence-electron chi connectivity index (χ2n) is 3.78. The van der Waals surface area contributed by atoms with Crippen LogP contribution in [0.2, 0.25) is 0 Å². The zero-order chi connectivity index (χ0) is 13.0. The molecule has 5 nitrogen and oxygen atoms in total. The number of rotatable bonds is 4. The summed E-state index contributed by atoms with van der Waals surface area (Å²) < 4.78 is 1.96. The molecule has 0 atom stereocenters. The number of hydrogen-bond donors (Lipinski definition) is 2. The SMILES string of the molecule is Cn1ccnc1SCc1cccc(C(=O)NN)c1. The minimum atomic E-state index is -0.279. The standard InChI is InChI=1S/C12H14N4OS/c1-16-6-5-14-12(16)18-8-9-3-2-4-10(7-9)11(17)15-13/h2-7H,8,13H2,1H3,(H,15,17). The third-order valence-electron chi connectivity index (χ3n) is 2.47. The van der Waals surface area contributed by atoms with Crippen molar-refractivity contribution >= 4 is 17.7 Å². The van der Waals surface area contributed by atoms with E-state index >= 15 is 0 Å². The molecule has 2 aromatic rings. The summed E-state index contributed by atoms with van der Waals surface area (Å²) >= 11 is 1.62. The molecule has 0 aliphatic rings. The molecule has 0 aliphatic carbocycles. The number of hydrogen-bond acceptors (Lipinski definition) is 4. The van der Waals surface area contributed by atoms with Gasteiger partial charge in [0.05, 0.1) is 0 Å². The Balaban J connectivity index is 2.06. The molecule has 94 valence electrons. The summed E-state index contributed by atoms with van der Waals surface area (Å²) in [6.45, 7) is 0. The van der Waals surface area contributed by atoms with Crippen molar-refractivity contribution in [2.75, 3.05) is 0 Å². The molecule has 1 heterocycles. The van der Waals surface area contributed by atoms with Gasteiger partial charge in [-0.15, -0.1) is 0 Å². The fourth-order valence-corrected chi connectivity index (χ4v) is 2.40. The van der Waals surface area contributed by atoms with Gasteiger partial charge in [-0.25, -0.2) is 10.8 Å². The number of aryl methyl sites for hydroxylation is 1. The van der Waals surface area contributed by atoms with Gasteiger partial charge in [-0.1, -0.05) is 23.9 Å². The normalized spacial score (nSPS) is 10.3. The first-order chi connectivity index (χ1) is 8.70.